The molecule has 4 rings (SSSR count). The van der Waals surface area contributed by atoms with Gasteiger partial charge in [-0.3, -0.25) is 0 Å². The van der Waals surface area contributed by atoms with E-state index in [4.69, 9.17) is 11.6 Å². The fourth-order valence-corrected chi connectivity index (χ4v) is 2.73. The zero-order valence-corrected chi connectivity index (χ0v) is 13.2. The molecule has 2 aromatic heterocycles. The van der Waals surface area contributed by atoms with Crippen molar-refractivity contribution in [2.75, 3.05) is 5.32 Å². The molecule has 4 aromatic rings. The number of anilines is 2. The second kappa shape index (κ2) is 5.94. The molecule has 0 atom stereocenters. The summed E-state index contributed by atoms with van der Waals surface area (Å²) >= 11 is 5.84. The molecule has 0 aliphatic heterocycles. The molecule has 0 amide bonds. The third kappa shape index (κ3) is 2.70. The Kier molecular flexibility index (Phi) is 3.63. The Balaban J connectivity index is 1.79. The smallest absolute Gasteiger partial charge is 0.141 e. The number of halogens is 2. The van der Waals surface area contributed by atoms with E-state index in [9.17, 15) is 4.39 Å². The highest BCUT2D eigenvalue weighted by Crippen LogP contribution is 2.29. The van der Waals surface area contributed by atoms with Gasteiger partial charge in [0.05, 0.1) is 10.5 Å². The van der Waals surface area contributed by atoms with Gasteiger partial charge in [0.15, 0.2) is 0 Å². The van der Waals surface area contributed by atoms with Gasteiger partial charge in [0.2, 0.25) is 0 Å². The number of hydrogen-bond donors (Lipinski definition) is 2. The second-order valence-electron chi connectivity index (χ2n) is 5.31. The summed E-state index contributed by atoms with van der Waals surface area (Å²) in [6.07, 6.45) is 5.30. The standard InChI is InChI=1S/C18H12ClFN4/c19-15-8-13(2-3-16(15)20)24-18-14-7-11(12-5-6-21-9-12)1-4-17(14)22-10-23-18/h1-10,21H,(H,22,23,24). The van der Waals surface area contributed by atoms with Crippen LogP contribution in [0.1, 0.15) is 0 Å². The number of benzene rings is 2. The summed E-state index contributed by atoms with van der Waals surface area (Å²) in [7, 11) is 0. The average molecular weight is 339 g/mol. The Morgan fingerprint density at radius 1 is 1.00 bits per heavy atom. The maximum absolute atomic E-state index is 13.3. The van der Waals surface area contributed by atoms with Crippen LogP contribution in [0.5, 0.6) is 0 Å². The van der Waals surface area contributed by atoms with Crippen LogP contribution in [0.4, 0.5) is 15.9 Å². The van der Waals surface area contributed by atoms with Crippen molar-refractivity contribution in [3.63, 3.8) is 0 Å². The van der Waals surface area contributed by atoms with Crippen molar-refractivity contribution < 1.29 is 4.39 Å². The Bertz CT molecular complexity index is 1010. The number of aromatic amines is 1. The van der Waals surface area contributed by atoms with Crippen LogP contribution in [0.3, 0.4) is 0 Å². The summed E-state index contributed by atoms with van der Waals surface area (Å²) < 4.78 is 13.3. The largest absolute Gasteiger partial charge is 0.367 e. The summed E-state index contributed by atoms with van der Waals surface area (Å²) in [5.41, 5.74) is 3.61. The Labute approximate surface area is 142 Å². The highest BCUT2D eigenvalue weighted by Gasteiger charge is 2.08. The molecular weight excluding hydrogens is 327 g/mol. The van der Waals surface area contributed by atoms with Gasteiger partial charge < -0.3 is 10.3 Å². The van der Waals surface area contributed by atoms with E-state index >= 15 is 0 Å². The first-order chi connectivity index (χ1) is 11.7. The molecule has 0 aliphatic carbocycles. The van der Waals surface area contributed by atoms with E-state index in [1.54, 1.807) is 6.07 Å². The van der Waals surface area contributed by atoms with Crippen LogP contribution >= 0.6 is 11.6 Å². The van der Waals surface area contributed by atoms with Gasteiger partial charge in [-0.05, 0) is 47.5 Å². The minimum absolute atomic E-state index is 0.0615. The number of nitrogens with one attached hydrogen (secondary N) is 2. The quantitative estimate of drug-likeness (QED) is 0.542. The Morgan fingerprint density at radius 3 is 2.71 bits per heavy atom. The van der Waals surface area contributed by atoms with Crippen molar-refractivity contribution in [2.24, 2.45) is 0 Å². The van der Waals surface area contributed by atoms with E-state index in [1.165, 1.54) is 18.5 Å². The second-order valence-corrected chi connectivity index (χ2v) is 5.71. The molecule has 0 aliphatic rings. The van der Waals surface area contributed by atoms with E-state index in [1.807, 2.05) is 36.7 Å². The molecule has 0 saturated carbocycles. The number of nitrogens with zero attached hydrogens (tertiary/aromatic N) is 2. The zero-order chi connectivity index (χ0) is 16.5. The number of hydrogen-bond acceptors (Lipinski definition) is 3. The van der Waals surface area contributed by atoms with E-state index in [-0.39, 0.29) is 5.02 Å². The maximum atomic E-state index is 13.3. The van der Waals surface area contributed by atoms with Gasteiger partial charge >= 0.3 is 0 Å². The normalized spacial score (nSPS) is 10.9. The molecule has 0 unspecified atom stereocenters. The SMILES string of the molecule is Fc1ccc(Nc2ncnc3ccc(-c4cc[nH]c4)cc23)cc1Cl. The van der Waals surface area contributed by atoms with Gasteiger partial charge in [0.1, 0.15) is 18.0 Å². The predicted molar refractivity (Wildman–Crippen MR) is 94.0 cm³/mol. The molecule has 2 aromatic carbocycles. The first-order valence-electron chi connectivity index (χ1n) is 7.31. The average Bonchev–Trinajstić information content (AvgIpc) is 3.13. The van der Waals surface area contributed by atoms with Gasteiger partial charge in [-0.15, -0.1) is 0 Å². The highest BCUT2D eigenvalue weighted by atomic mass is 35.5. The van der Waals surface area contributed by atoms with E-state index < -0.39 is 5.82 Å². The fraction of sp³-hybridized carbons (Fsp3) is 0. The van der Waals surface area contributed by atoms with Crippen molar-refractivity contribution in [2.45, 2.75) is 0 Å². The monoisotopic (exact) mass is 338 g/mol. The molecule has 24 heavy (non-hydrogen) atoms. The van der Waals surface area contributed by atoms with Crippen LogP contribution in [0.25, 0.3) is 22.0 Å². The van der Waals surface area contributed by atoms with E-state index in [0.29, 0.717) is 11.5 Å². The first-order valence-corrected chi connectivity index (χ1v) is 7.68. The lowest BCUT2D eigenvalue weighted by Gasteiger charge is -2.10. The van der Waals surface area contributed by atoms with Crippen LogP contribution in [0, 0.1) is 5.82 Å². The van der Waals surface area contributed by atoms with Gasteiger partial charge in [-0.2, -0.15) is 0 Å². The number of rotatable bonds is 3. The molecule has 6 heteroatoms. The van der Waals surface area contributed by atoms with Crippen LogP contribution < -0.4 is 5.32 Å². The third-order valence-corrected chi connectivity index (χ3v) is 4.04. The molecule has 4 nitrogen and oxygen atoms in total. The van der Waals surface area contributed by atoms with Gasteiger partial charge in [-0.1, -0.05) is 17.7 Å². The zero-order valence-electron chi connectivity index (χ0n) is 12.4. The molecular formula is C18H12ClFN4. The fourth-order valence-electron chi connectivity index (χ4n) is 2.55. The summed E-state index contributed by atoms with van der Waals surface area (Å²) in [6, 6.07) is 12.4. The van der Waals surface area contributed by atoms with E-state index in [2.05, 4.69) is 20.3 Å². The molecule has 0 spiro atoms. The van der Waals surface area contributed by atoms with E-state index in [0.717, 1.165) is 22.0 Å². The third-order valence-electron chi connectivity index (χ3n) is 3.75. The first kappa shape index (κ1) is 14.7. The van der Waals surface area contributed by atoms with Crippen molar-refractivity contribution in [3.05, 3.63) is 72.0 Å². The maximum Gasteiger partial charge on any atom is 0.141 e. The minimum atomic E-state index is -0.454. The number of aromatic nitrogens is 3. The molecule has 0 radical (unpaired) electrons. The summed E-state index contributed by atoms with van der Waals surface area (Å²) in [5, 5.41) is 4.11. The topological polar surface area (TPSA) is 53.6 Å². The lowest BCUT2D eigenvalue weighted by Crippen LogP contribution is -1.96. The van der Waals surface area contributed by atoms with Crippen molar-refractivity contribution >= 4 is 34.0 Å². The number of H-pyrrole nitrogens is 1. The predicted octanol–water partition coefficient (Wildman–Crippen LogP) is 5.16. The van der Waals surface area contributed by atoms with Crippen molar-refractivity contribution in [1.82, 2.24) is 15.0 Å². The highest BCUT2D eigenvalue weighted by molar-refractivity contribution is 6.31. The lowest BCUT2D eigenvalue weighted by molar-refractivity contribution is 0.628. The molecule has 2 heterocycles. The Morgan fingerprint density at radius 2 is 1.92 bits per heavy atom. The van der Waals surface area contributed by atoms with Crippen LogP contribution in [0.15, 0.2) is 61.2 Å². The van der Waals surface area contributed by atoms with Crippen LogP contribution in [-0.4, -0.2) is 15.0 Å². The molecule has 118 valence electrons. The summed E-state index contributed by atoms with van der Waals surface area (Å²) in [6.45, 7) is 0. The number of fused-ring (bicyclic) bond motifs is 1. The summed E-state index contributed by atoms with van der Waals surface area (Å²) in [5.74, 6) is 0.185. The van der Waals surface area contributed by atoms with Gasteiger partial charge in [0.25, 0.3) is 0 Å². The molecule has 0 fully saturated rings. The minimum Gasteiger partial charge on any atom is -0.367 e. The van der Waals surface area contributed by atoms with Crippen molar-refractivity contribution in [3.8, 4) is 11.1 Å². The van der Waals surface area contributed by atoms with Gasteiger partial charge in [0, 0.05) is 23.5 Å². The van der Waals surface area contributed by atoms with Gasteiger partial charge in [-0.25, -0.2) is 14.4 Å². The van der Waals surface area contributed by atoms with Crippen LogP contribution in [-0.2, 0) is 0 Å². The van der Waals surface area contributed by atoms with Crippen molar-refractivity contribution in [1.29, 1.82) is 0 Å². The lowest BCUT2D eigenvalue weighted by atomic mass is 10.1. The Hall–Kier alpha value is -2.92. The van der Waals surface area contributed by atoms with Crippen LogP contribution in [0.2, 0.25) is 5.02 Å². The molecule has 2 N–H and O–H groups in total. The summed E-state index contributed by atoms with van der Waals surface area (Å²) in [4.78, 5) is 11.6. The molecule has 0 bridgehead atoms. The molecule has 0 saturated heterocycles.